The second kappa shape index (κ2) is 8.63. The van der Waals surface area contributed by atoms with E-state index in [4.69, 9.17) is 9.84 Å². The number of anilines is 1. The highest BCUT2D eigenvalue weighted by Crippen LogP contribution is 2.14. The molecule has 0 fully saturated rings. The minimum atomic E-state index is -3.59. The molecule has 0 saturated heterocycles. The molecule has 0 unspecified atom stereocenters. The van der Waals surface area contributed by atoms with Crippen LogP contribution in [0.5, 0.6) is 0 Å². The van der Waals surface area contributed by atoms with E-state index in [2.05, 4.69) is 4.72 Å². The highest BCUT2D eigenvalue weighted by atomic mass is 32.2. The maximum absolute atomic E-state index is 11.9. The van der Waals surface area contributed by atoms with E-state index >= 15 is 0 Å². The van der Waals surface area contributed by atoms with E-state index in [9.17, 15) is 13.2 Å². The van der Waals surface area contributed by atoms with Crippen molar-refractivity contribution in [2.75, 3.05) is 23.7 Å². The summed E-state index contributed by atoms with van der Waals surface area (Å²) in [6, 6.07) is 6.98. The minimum Gasteiger partial charge on any atom is -0.466 e. The first-order valence-electron chi connectivity index (χ1n) is 6.82. The molecule has 0 saturated carbocycles. The molecule has 7 heteroatoms. The lowest BCUT2D eigenvalue weighted by atomic mass is 10.1. The van der Waals surface area contributed by atoms with Crippen molar-refractivity contribution in [3.05, 3.63) is 29.8 Å². The molecule has 6 nitrogen and oxygen atoms in total. The Balaban J connectivity index is 2.60. The zero-order chi connectivity index (χ0) is 15.7. The number of carbonyl (C=O) groups excluding carboxylic acids is 1. The molecule has 2 N–H and O–H groups in total. The third kappa shape index (κ3) is 7.10. The monoisotopic (exact) mass is 315 g/mol. The van der Waals surface area contributed by atoms with Crippen LogP contribution in [0.2, 0.25) is 0 Å². The number of aryl methyl sites for hydroxylation is 1. The average Bonchev–Trinajstić information content (AvgIpc) is 2.43. The number of rotatable bonds is 9. The number of esters is 1. The number of aliphatic hydroxyl groups is 1. The Morgan fingerprint density at radius 2 is 2.14 bits per heavy atom. The number of hydrogen-bond acceptors (Lipinski definition) is 5. The Labute approximate surface area is 125 Å². The minimum absolute atomic E-state index is 0.0928. The Morgan fingerprint density at radius 3 is 2.81 bits per heavy atom. The van der Waals surface area contributed by atoms with Crippen LogP contribution >= 0.6 is 0 Å². The molecular weight excluding hydrogens is 294 g/mol. The summed E-state index contributed by atoms with van der Waals surface area (Å²) in [5, 5.41) is 8.79. The Morgan fingerprint density at radius 1 is 1.38 bits per heavy atom. The molecule has 0 aromatic heterocycles. The predicted molar refractivity (Wildman–Crippen MR) is 80.5 cm³/mol. The van der Waals surface area contributed by atoms with Crippen molar-refractivity contribution in [3.63, 3.8) is 0 Å². The van der Waals surface area contributed by atoms with Gasteiger partial charge in [-0.15, -0.1) is 0 Å². The molecule has 0 radical (unpaired) electrons. The molecule has 0 heterocycles. The van der Waals surface area contributed by atoms with Gasteiger partial charge in [0.2, 0.25) is 10.0 Å². The van der Waals surface area contributed by atoms with Crippen LogP contribution in [0.15, 0.2) is 24.3 Å². The molecule has 0 bridgehead atoms. The van der Waals surface area contributed by atoms with Crippen LogP contribution < -0.4 is 4.72 Å². The maximum atomic E-state index is 11.9. The topological polar surface area (TPSA) is 92.7 Å². The fourth-order valence-corrected chi connectivity index (χ4v) is 2.78. The summed E-state index contributed by atoms with van der Waals surface area (Å²) in [6.07, 6.45) is 1.13. The first kappa shape index (κ1) is 17.5. The van der Waals surface area contributed by atoms with Crippen LogP contribution in [0, 0.1) is 0 Å². The van der Waals surface area contributed by atoms with Gasteiger partial charge in [0.15, 0.2) is 0 Å². The van der Waals surface area contributed by atoms with Crippen molar-refractivity contribution in [2.24, 2.45) is 0 Å². The first-order chi connectivity index (χ1) is 9.96. The van der Waals surface area contributed by atoms with Gasteiger partial charge in [-0.2, -0.15) is 0 Å². The van der Waals surface area contributed by atoms with E-state index in [0.29, 0.717) is 18.5 Å². The van der Waals surface area contributed by atoms with Gasteiger partial charge in [-0.3, -0.25) is 9.52 Å². The zero-order valence-electron chi connectivity index (χ0n) is 12.0. The van der Waals surface area contributed by atoms with Crippen molar-refractivity contribution in [1.29, 1.82) is 0 Å². The Hall–Kier alpha value is -1.60. The summed E-state index contributed by atoms with van der Waals surface area (Å²) < 4.78 is 30.9. The van der Waals surface area contributed by atoms with Crippen molar-refractivity contribution in [2.45, 2.75) is 26.2 Å². The number of sulfonamides is 1. The van der Waals surface area contributed by atoms with E-state index in [1.165, 1.54) is 0 Å². The van der Waals surface area contributed by atoms with Gasteiger partial charge in [-0.05, 0) is 37.5 Å². The largest absolute Gasteiger partial charge is 0.466 e. The number of aliphatic hydroxyl groups excluding tert-OH is 1. The first-order valence-corrected chi connectivity index (χ1v) is 8.48. The molecule has 1 aromatic carbocycles. The number of hydrogen-bond donors (Lipinski definition) is 2. The lowest BCUT2D eigenvalue weighted by Gasteiger charge is -2.09. The molecule has 0 aliphatic heterocycles. The van der Waals surface area contributed by atoms with Gasteiger partial charge in [0.25, 0.3) is 0 Å². The standard InChI is InChI=1S/C14H21NO5S/c1-2-20-14(17)8-10-21(18,19)15-13-7-3-5-12(11-13)6-4-9-16/h3,5,7,11,15-16H,2,4,6,8-10H2,1H3. The molecule has 1 rings (SSSR count). The normalized spacial score (nSPS) is 11.1. The molecule has 21 heavy (non-hydrogen) atoms. The SMILES string of the molecule is CCOC(=O)CCS(=O)(=O)Nc1cccc(CCCO)c1. The summed E-state index contributed by atoms with van der Waals surface area (Å²) in [4.78, 5) is 11.2. The van der Waals surface area contributed by atoms with Gasteiger partial charge >= 0.3 is 5.97 Å². The van der Waals surface area contributed by atoms with Crippen LogP contribution in [-0.4, -0.2) is 38.5 Å². The molecule has 0 atom stereocenters. The van der Waals surface area contributed by atoms with Gasteiger partial charge in [0, 0.05) is 12.3 Å². The van der Waals surface area contributed by atoms with Crippen molar-refractivity contribution in [1.82, 2.24) is 0 Å². The lowest BCUT2D eigenvalue weighted by Crippen LogP contribution is -2.20. The average molecular weight is 315 g/mol. The Kier molecular flexibility index (Phi) is 7.18. The molecule has 0 amide bonds. The van der Waals surface area contributed by atoms with Gasteiger partial charge in [0.05, 0.1) is 18.8 Å². The van der Waals surface area contributed by atoms with Crippen molar-refractivity contribution < 1.29 is 23.1 Å². The smallest absolute Gasteiger partial charge is 0.306 e. The zero-order valence-corrected chi connectivity index (χ0v) is 12.9. The molecule has 118 valence electrons. The van der Waals surface area contributed by atoms with Gasteiger partial charge in [-0.25, -0.2) is 8.42 Å². The summed E-state index contributed by atoms with van der Waals surface area (Å²) in [5.41, 5.74) is 1.39. The second-order valence-electron chi connectivity index (χ2n) is 4.50. The number of carbonyl (C=O) groups is 1. The second-order valence-corrected chi connectivity index (χ2v) is 6.35. The summed E-state index contributed by atoms with van der Waals surface area (Å²) >= 11 is 0. The van der Waals surface area contributed by atoms with E-state index in [0.717, 1.165) is 5.56 Å². The number of nitrogens with one attached hydrogen (secondary N) is 1. The third-order valence-electron chi connectivity index (χ3n) is 2.70. The van der Waals surface area contributed by atoms with Crippen LogP contribution in [0.3, 0.4) is 0 Å². The molecular formula is C14H21NO5S. The van der Waals surface area contributed by atoms with E-state index in [1.54, 1.807) is 25.1 Å². The predicted octanol–water partition coefficient (Wildman–Crippen LogP) is 1.31. The van der Waals surface area contributed by atoms with Crippen molar-refractivity contribution in [3.8, 4) is 0 Å². The van der Waals surface area contributed by atoms with Gasteiger partial charge in [-0.1, -0.05) is 12.1 Å². The summed E-state index contributed by atoms with van der Waals surface area (Å²) in [5.74, 6) is -0.841. The van der Waals surface area contributed by atoms with Gasteiger partial charge < -0.3 is 9.84 Å². The fourth-order valence-electron chi connectivity index (χ4n) is 1.75. The van der Waals surface area contributed by atoms with Crippen molar-refractivity contribution >= 4 is 21.7 Å². The summed E-state index contributed by atoms with van der Waals surface area (Å²) in [6.45, 7) is 2.00. The third-order valence-corrected chi connectivity index (χ3v) is 3.99. The maximum Gasteiger partial charge on any atom is 0.306 e. The van der Waals surface area contributed by atoms with E-state index in [1.807, 2.05) is 6.07 Å². The van der Waals surface area contributed by atoms with Crippen LogP contribution in [-0.2, 0) is 26.0 Å². The van der Waals surface area contributed by atoms with Crippen LogP contribution in [0.4, 0.5) is 5.69 Å². The molecule has 0 aliphatic carbocycles. The fraction of sp³-hybridized carbons (Fsp3) is 0.500. The summed E-state index contributed by atoms with van der Waals surface area (Å²) in [7, 11) is -3.59. The quantitative estimate of drug-likeness (QED) is 0.670. The Bertz CT molecular complexity index is 556. The molecule has 0 aliphatic rings. The highest BCUT2D eigenvalue weighted by Gasteiger charge is 2.14. The number of benzene rings is 1. The van der Waals surface area contributed by atoms with E-state index in [-0.39, 0.29) is 25.4 Å². The van der Waals surface area contributed by atoms with Crippen LogP contribution in [0.1, 0.15) is 25.3 Å². The van der Waals surface area contributed by atoms with Gasteiger partial charge in [0.1, 0.15) is 0 Å². The van der Waals surface area contributed by atoms with Crippen LogP contribution in [0.25, 0.3) is 0 Å². The number of ether oxygens (including phenoxy) is 1. The van der Waals surface area contributed by atoms with E-state index < -0.39 is 16.0 Å². The highest BCUT2D eigenvalue weighted by molar-refractivity contribution is 7.92. The molecule has 0 spiro atoms. The molecule has 1 aromatic rings. The lowest BCUT2D eigenvalue weighted by molar-refractivity contribution is -0.142.